The van der Waals surface area contributed by atoms with Gasteiger partial charge in [-0.3, -0.25) is 39.2 Å². The van der Waals surface area contributed by atoms with Crippen molar-refractivity contribution in [1.29, 1.82) is 0 Å². The molecule has 4 amide bonds. The molecule has 0 aliphatic heterocycles. The second-order valence-corrected chi connectivity index (χ2v) is 12.7. The molecule has 0 aliphatic rings. The normalized spacial score (nSPS) is 12.6. The number of hydrogen-bond donors (Lipinski definition) is 4. The minimum absolute atomic E-state index is 0.123. The molecule has 54 heavy (non-hydrogen) atoms. The molecular weight excluding hydrogens is 696 g/mol. The summed E-state index contributed by atoms with van der Waals surface area (Å²) in [5.74, 6) is -1.72. The van der Waals surface area contributed by atoms with Crippen LogP contribution >= 0.6 is 0 Å². The fourth-order valence-electron chi connectivity index (χ4n) is 6.44. The van der Waals surface area contributed by atoms with E-state index in [-0.39, 0.29) is 36.1 Å². The molecule has 0 bridgehead atoms. The Morgan fingerprint density at radius 2 is 1.06 bits per heavy atom. The van der Waals surface area contributed by atoms with Crippen LogP contribution in [0, 0.1) is 13.8 Å². The number of carbonyl (C=O) groups is 4. The summed E-state index contributed by atoms with van der Waals surface area (Å²) in [6.07, 6.45) is -1.37. The molecule has 0 aliphatic carbocycles. The van der Waals surface area contributed by atoms with E-state index in [4.69, 9.17) is 20.9 Å². The summed E-state index contributed by atoms with van der Waals surface area (Å²) in [6.45, 7) is 8.58. The standard InChI is InChI=1S/C36H42N12O6/c1-7-47-27(13-19(3)43-47)33(51)41-35-39-23-15-21(31(37)49)9-11-25(23)45(35)17-29(53-5)30(54-6)18-46-26-12-10-22(32(38)50)16-24(26)40-36(46)42-34(52)28-14-20(4)44-48(28)8-2/h9-16,29-30H,7-8,17-18H2,1-6H3,(H2,37,49)(H2,38,50)(H,39,41,51)(H,40,42,52)/t29-,30?/m1/s1. The lowest BCUT2D eigenvalue weighted by molar-refractivity contribution is -0.0495. The summed E-state index contributed by atoms with van der Waals surface area (Å²) >= 11 is 0. The van der Waals surface area contributed by atoms with Gasteiger partial charge < -0.3 is 30.1 Å². The van der Waals surface area contributed by atoms with Crippen molar-refractivity contribution in [3.63, 3.8) is 0 Å². The third-order valence-electron chi connectivity index (χ3n) is 9.13. The molecule has 18 nitrogen and oxygen atoms in total. The molecule has 0 spiro atoms. The summed E-state index contributed by atoms with van der Waals surface area (Å²) in [6, 6.07) is 13.0. The van der Waals surface area contributed by atoms with Gasteiger partial charge in [-0.2, -0.15) is 10.2 Å². The summed E-state index contributed by atoms with van der Waals surface area (Å²) in [5.41, 5.74) is 15.7. The number of nitrogens with one attached hydrogen (secondary N) is 2. The Morgan fingerprint density at radius 1 is 0.667 bits per heavy atom. The quantitative estimate of drug-likeness (QED) is 0.120. The number of aryl methyl sites for hydroxylation is 4. The Labute approximate surface area is 309 Å². The number of carbonyl (C=O) groups excluding carboxylic acids is 4. The topological polar surface area (TPSA) is 234 Å². The van der Waals surface area contributed by atoms with E-state index in [1.165, 1.54) is 14.2 Å². The minimum Gasteiger partial charge on any atom is -0.377 e. The van der Waals surface area contributed by atoms with Crippen LogP contribution in [0.1, 0.15) is 66.9 Å². The molecule has 4 aromatic heterocycles. The molecule has 6 N–H and O–H groups in total. The molecule has 6 aromatic rings. The Balaban J connectivity index is 1.38. The van der Waals surface area contributed by atoms with Gasteiger partial charge in [0.1, 0.15) is 23.6 Å². The molecule has 6 rings (SSSR count). The van der Waals surface area contributed by atoms with E-state index < -0.39 is 35.8 Å². The molecule has 282 valence electrons. The van der Waals surface area contributed by atoms with Crippen LogP contribution in [0.5, 0.6) is 0 Å². The summed E-state index contributed by atoms with van der Waals surface area (Å²) in [7, 11) is 3.06. The Hall–Kier alpha value is -6.40. The number of hydrogen-bond acceptors (Lipinski definition) is 10. The van der Waals surface area contributed by atoms with Crippen LogP contribution in [0.25, 0.3) is 22.1 Å². The van der Waals surface area contributed by atoms with Crippen molar-refractivity contribution in [1.82, 2.24) is 38.7 Å². The third-order valence-corrected chi connectivity index (χ3v) is 9.13. The second kappa shape index (κ2) is 15.3. The number of aromatic nitrogens is 8. The maximum atomic E-state index is 13.6. The highest BCUT2D eigenvalue weighted by Crippen LogP contribution is 2.27. The second-order valence-electron chi connectivity index (χ2n) is 12.7. The fraction of sp³-hybridized carbons (Fsp3) is 0.333. The van der Waals surface area contributed by atoms with E-state index in [0.29, 0.717) is 57.9 Å². The zero-order chi connectivity index (χ0) is 38.8. The van der Waals surface area contributed by atoms with Crippen LogP contribution in [0.15, 0.2) is 48.5 Å². The molecular formula is C36H42N12O6. The lowest BCUT2D eigenvalue weighted by Crippen LogP contribution is -2.38. The molecule has 0 saturated heterocycles. The highest BCUT2D eigenvalue weighted by atomic mass is 16.5. The van der Waals surface area contributed by atoms with Crippen molar-refractivity contribution in [2.24, 2.45) is 11.5 Å². The first-order chi connectivity index (χ1) is 25.8. The Morgan fingerprint density at radius 3 is 1.39 bits per heavy atom. The number of anilines is 2. The number of primary amides is 2. The first kappa shape index (κ1) is 37.4. The molecule has 0 fully saturated rings. The van der Waals surface area contributed by atoms with Gasteiger partial charge in [-0.1, -0.05) is 0 Å². The zero-order valence-corrected chi connectivity index (χ0v) is 30.8. The van der Waals surface area contributed by atoms with Crippen molar-refractivity contribution < 1.29 is 28.7 Å². The van der Waals surface area contributed by atoms with Gasteiger partial charge in [0, 0.05) is 38.4 Å². The van der Waals surface area contributed by atoms with E-state index in [9.17, 15) is 19.2 Å². The lowest BCUT2D eigenvalue weighted by atomic mass is 10.1. The Kier molecular flexibility index (Phi) is 10.6. The first-order valence-corrected chi connectivity index (χ1v) is 17.2. The van der Waals surface area contributed by atoms with E-state index in [0.717, 1.165) is 0 Å². The van der Waals surface area contributed by atoms with Crippen LogP contribution in [0.3, 0.4) is 0 Å². The molecule has 0 saturated carbocycles. The first-order valence-electron chi connectivity index (χ1n) is 17.2. The van der Waals surface area contributed by atoms with Gasteiger partial charge in [-0.25, -0.2) is 9.97 Å². The van der Waals surface area contributed by atoms with Gasteiger partial charge in [0.2, 0.25) is 23.7 Å². The number of methoxy groups -OCH3 is 2. The number of ether oxygens (including phenoxy) is 2. The minimum atomic E-state index is -0.683. The van der Waals surface area contributed by atoms with Crippen LogP contribution in [0.4, 0.5) is 11.9 Å². The molecule has 4 heterocycles. The maximum Gasteiger partial charge on any atom is 0.276 e. The molecule has 18 heteroatoms. The molecule has 2 atom stereocenters. The number of nitrogens with two attached hydrogens (primary N) is 2. The van der Waals surface area contributed by atoms with E-state index in [2.05, 4.69) is 30.8 Å². The van der Waals surface area contributed by atoms with E-state index in [1.54, 1.807) is 80.9 Å². The third kappa shape index (κ3) is 7.28. The monoisotopic (exact) mass is 738 g/mol. The number of nitrogens with zero attached hydrogens (tertiary/aromatic N) is 8. The number of imidazole rings is 2. The predicted octanol–water partition coefficient (Wildman–Crippen LogP) is 2.87. The van der Waals surface area contributed by atoms with Gasteiger partial charge in [0.25, 0.3) is 11.8 Å². The average Bonchev–Trinajstić information content (AvgIpc) is 3.91. The van der Waals surface area contributed by atoms with Gasteiger partial charge in [-0.05, 0) is 76.2 Å². The summed E-state index contributed by atoms with van der Waals surface area (Å²) in [4.78, 5) is 60.6. The van der Waals surface area contributed by atoms with Crippen molar-refractivity contribution in [2.45, 2.75) is 66.1 Å². The van der Waals surface area contributed by atoms with Crippen molar-refractivity contribution >= 4 is 57.6 Å². The molecule has 2 aromatic carbocycles. The smallest absolute Gasteiger partial charge is 0.276 e. The largest absolute Gasteiger partial charge is 0.377 e. The highest BCUT2D eigenvalue weighted by molar-refractivity contribution is 6.04. The number of fused-ring (bicyclic) bond motifs is 2. The number of amides is 4. The fourth-order valence-corrected chi connectivity index (χ4v) is 6.44. The van der Waals surface area contributed by atoms with Crippen LogP contribution in [-0.2, 0) is 35.7 Å². The summed E-state index contributed by atoms with van der Waals surface area (Å²) < 4.78 is 18.8. The SMILES string of the molecule is CCn1nc(C)cc1C(=O)Nc1nc2cc(C(N)=O)ccc2n1CC(OC)[C@@H](Cn1c(NC(=O)c2cc(C)nn2CC)nc2cc(C(N)=O)ccc21)OC. The van der Waals surface area contributed by atoms with Gasteiger partial charge in [0.15, 0.2) is 0 Å². The molecule has 0 radical (unpaired) electrons. The average molecular weight is 739 g/mol. The Bertz CT molecular complexity index is 2240. The van der Waals surface area contributed by atoms with Crippen molar-refractivity contribution in [3.8, 4) is 0 Å². The predicted molar refractivity (Wildman–Crippen MR) is 199 cm³/mol. The van der Waals surface area contributed by atoms with E-state index >= 15 is 0 Å². The molecule has 1 unspecified atom stereocenters. The summed E-state index contributed by atoms with van der Waals surface area (Å²) in [5, 5.41) is 14.6. The van der Waals surface area contributed by atoms with E-state index in [1.807, 2.05) is 13.8 Å². The number of rotatable bonds is 15. The van der Waals surface area contributed by atoms with Crippen molar-refractivity contribution in [3.05, 3.63) is 82.4 Å². The van der Waals surface area contributed by atoms with Crippen LogP contribution < -0.4 is 22.1 Å². The highest BCUT2D eigenvalue weighted by Gasteiger charge is 2.29. The maximum absolute atomic E-state index is 13.6. The lowest BCUT2D eigenvalue weighted by Gasteiger charge is -2.27. The van der Waals surface area contributed by atoms with Crippen molar-refractivity contribution in [2.75, 3.05) is 24.9 Å². The van der Waals surface area contributed by atoms with Gasteiger partial charge in [-0.15, -0.1) is 0 Å². The van der Waals surface area contributed by atoms with Gasteiger partial charge in [0.05, 0.1) is 46.5 Å². The van der Waals surface area contributed by atoms with Crippen LogP contribution in [-0.4, -0.2) is 88.7 Å². The zero-order valence-electron chi connectivity index (χ0n) is 30.8. The van der Waals surface area contributed by atoms with Crippen LogP contribution in [0.2, 0.25) is 0 Å². The number of benzene rings is 2. The van der Waals surface area contributed by atoms with Gasteiger partial charge >= 0.3 is 0 Å².